The summed E-state index contributed by atoms with van der Waals surface area (Å²) in [5.74, 6) is 1.24. The summed E-state index contributed by atoms with van der Waals surface area (Å²) < 4.78 is 13.6. The lowest BCUT2D eigenvalue weighted by Crippen LogP contribution is -2.47. The number of likely N-dealkylation sites (tertiary alicyclic amines) is 1. The molecule has 1 aliphatic heterocycles. The van der Waals surface area contributed by atoms with E-state index in [1.54, 1.807) is 13.1 Å². The van der Waals surface area contributed by atoms with Gasteiger partial charge in [0.15, 0.2) is 5.96 Å². The number of nitrogens with one attached hydrogen (secondary N) is 2. The highest BCUT2D eigenvalue weighted by molar-refractivity contribution is 5.80. The molecule has 23 heavy (non-hydrogen) atoms. The lowest BCUT2D eigenvalue weighted by molar-refractivity contribution is 0.265. The van der Waals surface area contributed by atoms with Crippen molar-refractivity contribution in [3.05, 3.63) is 35.6 Å². The minimum absolute atomic E-state index is 0.144. The summed E-state index contributed by atoms with van der Waals surface area (Å²) in [4.78, 5) is 6.77. The zero-order chi connectivity index (χ0) is 16.8. The van der Waals surface area contributed by atoms with Crippen LogP contribution in [0.15, 0.2) is 29.3 Å². The summed E-state index contributed by atoms with van der Waals surface area (Å²) in [6, 6.07) is 7.88. The van der Waals surface area contributed by atoms with Crippen LogP contribution in [0.3, 0.4) is 0 Å². The summed E-state index contributed by atoms with van der Waals surface area (Å²) in [5.41, 5.74) is 0.732. The van der Waals surface area contributed by atoms with Crippen LogP contribution in [0.5, 0.6) is 0 Å². The van der Waals surface area contributed by atoms with Gasteiger partial charge in [-0.3, -0.25) is 9.89 Å². The van der Waals surface area contributed by atoms with Gasteiger partial charge in [0.1, 0.15) is 5.82 Å². The van der Waals surface area contributed by atoms with Crippen molar-refractivity contribution in [3.63, 3.8) is 0 Å². The molecule has 0 aliphatic carbocycles. The van der Waals surface area contributed by atoms with Crippen molar-refractivity contribution in [2.24, 2.45) is 10.9 Å². The van der Waals surface area contributed by atoms with Crippen molar-refractivity contribution in [1.82, 2.24) is 15.5 Å². The molecule has 1 fully saturated rings. The quantitative estimate of drug-likeness (QED) is 0.646. The monoisotopic (exact) mass is 320 g/mol. The fraction of sp³-hybridized carbons (Fsp3) is 0.611. The van der Waals surface area contributed by atoms with E-state index < -0.39 is 0 Å². The molecule has 0 amide bonds. The summed E-state index contributed by atoms with van der Waals surface area (Å²) in [6.07, 6.45) is 0.645. The van der Waals surface area contributed by atoms with Gasteiger partial charge in [-0.1, -0.05) is 25.1 Å². The van der Waals surface area contributed by atoms with Crippen LogP contribution in [0.1, 0.15) is 26.3 Å². The third kappa shape index (κ3) is 4.93. The standard InChI is InChI=1S/C18H29FN4/c1-13(2)23-11-14(3)17(12-23)22-18(20-4)21-10-9-15-7-5-6-8-16(15)19/h5-8,13-14,17H,9-12H2,1-4H3,(H2,20,21,22). The molecule has 1 heterocycles. The molecule has 2 unspecified atom stereocenters. The highest BCUT2D eigenvalue weighted by atomic mass is 19.1. The Bertz CT molecular complexity index is 530. The molecular formula is C18H29FN4. The Morgan fingerprint density at radius 1 is 1.35 bits per heavy atom. The molecule has 0 saturated carbocycles. The fourth-order valence-corrected chi connectivity index (χ4v) is 3.00. The smallest absolute Gasteiger partial charge is 0.191 e. The van der Waals surface area contributed by atoms with Gasteiger partial charge in [0.25, 0.3) is 0 Å². The molecule has 1 aromatic rings. The number of guanidine groups is 1. The van der Waals surface area contributed by atoms with Crippen LogP contribution in [0.4, 0.5) is 4.39 Å². The number of halogens is 1. The molecule has 2 rings (SSSR count). The summed E-state index contributed by atoms with van der Waals surface area (Å²) in [7, 11) is 1.78. The summed E-state index contributed by atoms with van der Waals surface area (Å²) in [5, 5.41) is 6.79. The predicted octanol–water partition coefficient (Wildman–Crippen LogP) is 2.26. The Labute approximate surface area is 139 Å². The molecule has 2 atom stereocenters. The number of aliphatic imine (C=N–C) groups is 1. The molecule has 1 aromatic carbocycles. The number of benzene rings is 1. The van der Waals surface area contributed by atoms with E-state index >= 15 is 0 Å². The molecule has 5 heteroatoms. The lowest BCUT2D eigenvalue weighted by atomic mass is 10.1. The predicted molar refractivity (Wildman–Crippen MR) is 94.3 cm³/mol. The van der Waals surface area contributed by atoms with Crippen LogP contribution in [0.25, 0.3) is 0 Å². The number of nitrogens with zero attached hydrogens (tertiary/aromatic N) is 2. The van der Waals surface area contributed by atoms with Gasteiger partial charge in [0.05, 0.1) is 0 Å². The van der Waals surface area contributed by atoms with Gasteiger partial charge in [-0.25, -0.2) is 4.39 Å². The molecule has 0 spiro atoms. The Hall–Kier alpha value is -1.62. The molecule has 128 valence electrons. The van der Waals surface area contributed by atoms with Gasteiger partial charge in [-0.05, 0) is 37.8 Å². The lowest BCUT2D eigenvalue weighted by Gasteiger charge is -2.22. The summed E-state index contributed by atoms with van der Waals surface area (Å²) >= 11 is 0. The average molecular weight is 320 g/mol. The third-order valence-electron chi connectivity index (χ3n) is 4.56. The SMILES string of the molecule is CN=C(NCCc1ccccc1F)NC1CN(C(C)C)CC1C. The molecule has 2 N–H and O–H groups in total. The number of hydrogen-bond acceptors (Lipinski definition) is 2. The summed E-state index contributed by atoms with van der Waals surface area (Å²) in [6.45, 7) is 9.55. The van der Waals surface area contributed by atoms with Gasteiger partial charge in [-0.15, -0.1) is 0 Å². The largest absolute Gasteiger partial charge is 0.356 e. The van der Waals surface area contributed by atoms with E-state index in [0.717, 1.165) is 24.6 Å². The Balaban J connectivity index is 1.81. The van der Waals surface area contributed by atoms with Crippen LogP contribution < -0.4 is 10.6 Å². The van der Waals surface area contributed by atoms with Crippen molar-refractivity contribution < 1.29 is 4.39 Å². The highest BCUT2D eigenvalue weighted by Crippen LogP contribution is 2.18. The highest BCUT2D eigenvalue weighted by Gasteiger charge is 2.31. The van der Waals surface area contributed by atoms with Crippen LogP contribution in [-0.2, 0) is 6.42 Å². The van der Waals surface area contributed by atoms with Crippen molar-refractivity contribution >= 4 is 5.96 Å². The van der Waals surface area contributed by atoms with Gasteiger partial charge in [0.2, 0.25) is 0 Å². The minimum Gasteiger partial charge on any atom is -0.356 e. The number of rotatable bonds is 5. The van der Waals surface area contributed by atoms with Gasteiger partial charge in [-0.2, -0.15) is 0 Å². The molecule has 4 nitrogen and oxygen atoms in total. The zero-order valence-corrected chi connectivity index (χ0v) is 14.6. The molecule has 0 radical (unpaired) electrons. The Kier molecular flexibility index (Phi) is 6.39. The maximum atomic E-state index is 13.6. The second kappa shape index (κ2) is 8.29. The topological polar surface area (TPSA) is 39.7 Å². The first kappa shape index (κ1) is 17.7. The maximum Gasteiger partial charge on any atom is 0.191 e. The normalized spacial score (nSPS) is 22.6. The van der Waals surface area contributed by atoms with Crippen LogP contribution in [0.2, 0.25) is 0 Å². The third-order valence-corrected chi connectivity index (χ3v) is 4.56. The Morgan fingerprint density at radius 3 is 2.70 bits per heavy atom. The van der Waals surface area contributed by atoms with Crippen molar-refractivity contribution in [2.45, 2.75) is 39.3 Å². The molecule has 0 aromatic heterocycles. The Morgan fingerprint density at radius 2 is 2.09 bits per heavy atom. The van der Waals surface area contributed by atoms with Gasteiger partial charge in [0, 0.05) is 38.8 Å². The van der Waals surface area contributed by atoms with E-state index in [2.05, 4.69) is 41.3 Å². The minimum atomic E-state index is -0.144. The van der Waals surface area contributed by atoms with Crippen molar-refractivity contribution in [3.8, 4) is 0 Å². The van der Waals surface area contributed by atoms with E-state index in [-0.39, 0.29) is 5.82 Å². The van der Waals surface area contributed by atoms with E-state index in [4.69, 9.17) is 0 Å². The first-order valence-corrected chi connectivity index (χ1v) is 8.46. The molecular weight excluding hydrogens is 291 g/mol. The van der Waals surface area contributed by atoms with E-state index in [1.807, 2.05) is 12.1 Å². The molecule has 1 aliphatic rings. The molecule has 0 bridgehead atoms. The number of hydrogen-bond donors (Lipinski definition) is 2. The first-order valence-electron chi connectivity index (χ1n) is 8.46. The van der Waals surface area contributed by atoms with Crippen LogP contribution >= 0.6 is 0 Å². The second-order valence-electron chi connectivity index (χ2n) is 6.62. The first-order chi connectivity index (χ1) is 11.0. The zero-order valence-electron chi connectivity index (χ0n) is 14.6. The van der Waals surface area contributed by atoms with Crippen LogP contribution in [-0.4, -0.2) is 49.6 Å². The van der Waals surface area contributed by atoms with Crippen molar-refractivity contribution in [1.29, 1.82) is 0 Å². The second-order valence-corrected chi connectivity index (χ2v) is 6.62. The van der Waals surface area contributed by atoms with Gasteiger partial charge < -0.3 is 10.6 Å². The van der Waals surface area contributed by atoms with E-state index in [0.29, 0.717) is 31.0 Å². The van der Waals surface area contributed by atoms with E-state index in [9.17, 15) is 4.39 Å². The maximum absolute atomic E-state index is 13.6. The fourth-order valence-electron chi connectivity index (χ4n) is 3.00. The van der Waals surface area contributed by atoms with Crippen molar-refractivity contribution in [2.75, 3.05) is 26.7 Å². The van der Waals surface area contributed by atoms with Gasteiger partial charge >= 0.3 is 0 Å². The molecule has 1 saturated heterocycles. The van der Waals surface area contributed by atoms with E-state index in [1.165, 1.54) is 6.07 Å². The van der Waals surface area contributed by atoms with Crippen LogP contribution in [0, 0.1) is 11.7 Å². The average Bonchev–Trinajstić information content (AvgIpc) is 2.89.